The summed E-state index contributed by atoms with van der Waals surface area (Å²) in [6.45, 7) is 0.240. The average molecular weight is 240 g/mol. The molecule has 0 radical (unpaired) electrons. The van der Waals surface area contributed by atoms with E-state index in [0.29, 0.717) is 5.56 Å². The van der Waals surface area contributed by atoms with E-state index in [1.54, 1.807) is 19.2 Å². The molecule has 0 aliphatic carbocycles. The van der Waals surface area contributed by atoms with E-state index in [1.807, 2.05) is 0 Å². The maximum absolute atomic E-state index is 12.9. The lowest BCUT2D eigenvalue weighted by Crippen LogP contribution is -2.35. The summed E-state index contributed by atoms with van der Waals surface area (Å²) in [5.41, 5.74) is 5.96. The van der Waals surface area contributed by atoms with Crippen LogP contribution in [0.15, 0.2) is 24.3 Å². The second kappa shape index (κ2) is 5.55. The lowest BCUT2D eigenvalue weighted by atomic mass is 10.1. The van der Waals surface area contributed by atoms with E-state index in [-0.39, 0.29) is 29.7 Å². The number of carbonyl (C=O) groups excluding carboxylic acids is 1. The molecule has 1 amide bonds. The van der Waals surface area contributed by atoms with Crippen molar-refractivity contribution in [3.8, 4) is 0 Å². The first-order chi connectivity index (χ1) is 7.49. The topological polar surface area (TPSA) is 46.3 Å². The molecule has 0 aliphatic rings. The number of thiocarbonyl (C=S) groups is 1. The zero-order valence-corrected chi connectivity index (χ0v) is 9.76. The zero-order chi connectivity index (χ0) is 12.1. The molecule has 0 fully saturated rings. The van der Waals surface area contributed by atoms with Gasteiger partial charge in [-0.1, -0.05) is 24.4 Å². The molecule has 0 saturated carbocycles. The summed E-state index contributed by atoms with van der Waals surface area (Å²) in [6.07, 6.45) is 0.150. The monoisotopic (exact) mass is 240 g/mol. The van der Waals surface area contributed by atoms with Crippen LogP contribution < -0.4 is 5.73 Å². The first kappa shape index (κ1) is 12.6. The molecule has 0 aromatic heterocycles. The Morgan fingerprint density at radius 1 is 1.56 bits per heavy atom. The molecule has 2 N–H and O–H groups in total. The molecule has 16 heavy (non-hydrogen) atoms. The average Bonchev–Trinajstić information content (AvgIpc) is 2.16. The maximum atomic E-state index is 12.9. The van der Waals surface area contributed by atoms with Crippen molar-refractivity contribution in [1.82, 2.24) is 4.90 Å². The van der Waals surface area contributed by atoms with Gasteiger partial charge in [0.1, 0.15) is 5.82 Å². The van der Waals surface area contributed by atoms with Gasteiger partial charge in [0, 0.05) is 7.05 Å². The second-order valence-corrected chi connectivity index (χ2v) is 4.05. The second-order valence-electron chi connectivity index (χ2n) is 3.52. The van der Waals surface area contributed by atoms with Crippen LogP contribution in [0.3, 0.4) is 0 Å². The molecule has 86 valence electrons. The number of likely N-dealkylation sites (N-methyl/N-ethyl adjacent to an activating group) is 1. The van der Waals surface area contributed by atoms with Gasteiger partial charge >= 0.3 is 0 Å². The highest BCUT2D eigenvalue weighted by atomic mass is 32.1. The van der Waals surface area contributed by atoms with Gasteiger partial charge in [-0.05, 0) is 17.7 Å². The number of hydrogen-bond donors (Lipinski definition) is 1. The number of hydrogen-bond acceptors (Lipinski definition) is 2. The molecular weight excluding hydrogens is 227 g/mol. The number of rotatable bonds is 4. The molecular formula is C11H13FN2OS. The van der Waals surface area contributed by atoms with E-state index < -0.39 is 0 Å². The maximum Gasteiger partial charge on any atom is 0.227 e. The van der Waals surface area contributed by atoms with E-state index >= 15 is 0 Å². The summed E-state index contributed by atoms with van der Waals surface area (Å²) < 4.78 is 12.9. The third-order valence-electron chi connectivity index (χ3n) is 2.06. The lowest BCUT2D eigenvalue weighted by molar-refractivity contribution is -0.128. The van der Waals surface area contributed by atoms with Crippen molar-refractivity contribution in [1.29, 1.82) is 0 Å². The van der Waals surface area contributed by atoms with Gasteiger partial charge in [0.2, 0.25) is 5.91 Å². The molecule has 5 heteroatoms. The molecule has 0 bridgehead atoms. The normalized spacial score (nSPS) is 9.88. The molecule has 0 aliphatic heterocycles. The summed E-state index contributed by atoms with van der Waals surface area (Å²) >= 11 is 4.70. The Morgan fingerprint density at radius 3 is 2.81 bits per heavy atom. The molecule has 0 atom stereocenters. The Kier molecular flexibility index (Phi) is 4.37. The van der Waals surface area contributed by atoms with E-state index in [1.165, 1.54) is 17.0 Å². The summed E-state index contributed by atoms with van der Waals surface area (Å²) in [5.74, 6) is -0.485. The third-order valence-corrected chi connectivity index (χ3v) is 2.19. The van der Waals surface area contributed by atoms with E-state index in [0.717, 1.165) is 0 Å². The van der Waals surface area contributed by atoms with E-state index in [9.17, 15) is 9.18 Å². The molecule has 0 unspecified atom stereocenters. The highest BCUT2D eigenvalue weighted by Gasteiger charge is 2.10. The molecule has 0 saturated heterocycles. The summed E-state index contributed by atoms with van der Waals surface area (Å²) in [4.78, 5) is 13.3. The van der Waals surface area contributed by atoms with Gasteiger partial charge in [0.05, 0.1) is 18.0 Å². The van der Waals surface area contributed by atoms with Crippen molar-refractivity contribution in [2.75, 3.05) is 13.6 Å². The van der Waals surface area contributed by atoms with E-state index in [2.05, 4.69) is 0 Å². The molecule has 1 aromatic carbocycles. The zero-order valence-electron chi connectivity index (χ0n) is 8.94. The number of carbonyl (C=O) groups is 1. The predicted octanol–water partition coefficient (Wildman–Crippen LogP) is 1.11. The minimum Gasteiger partial charge on any atom is -0.392 e. The van der Waals surface area contributed by atoms with Crippen LogP contribution in [0.4, 0.5) is 4.39 Å². The van der Waals surface area contributed by atoms with Crippen molar-refractivity contribution in [3.63, 3.8) is 0 Å². The highest BCUT2D eigenvalue weighted by molar-refractivity contribution is 7.80. The molecule has 1 aromatic rings. The Morgan fingerprint density at radius 2 is 2.25 bits per heavy atom. The van der Waals surface area contributed by atoms with Crippen molar-refractivity contribution in [2.45, 2.75) is 6.42 Å². The molecule has 1 rings (SSSR count). The van der Waals surface area contributed by atoms with Crippen LogP contribution in [-0.4, -0.2) is 29.4 Å². The van der Waals surface area contributed by atoms with Crippen LogP contribution >= 0.6 is 12.2 Å². The first-order valence-electron chi connectivity index (χ1n) is 4.75. The number of amides is 1. The standard InChI is InChI=1S/C11H13FN2OS/c1-14(7-10(13)16)11(15)6-8-3-2-4-9(12)5-8/h2-5H,6-7H2,1H3,(H2,13,16). The minimum atomic E-state index is -0.345. The molecule has 3 nitrogen and oxygen atoms in total. The van der Waals surface area contributed by atoms with Crippen LogP contribution in [0, 0.1) is 5.82 Å². The van der Waals surface area contributed by atoms with Gasteiger partial charge in [-0.2, -0.15) is 0 Å². The van der Waals surface area contributed by atoms with Crippen LogP contribution in [0.1, 0.15) is 5.56 Å². The fourth-order valence-corrected chi connectivity index (χ4v) is 1.47. The van der Waals surface area contributed by atoms with Crippen LogP contribution in [0.25, 0.3) is 0 Å². The predicted molar refractivity (Wildman–Crippen MR) is 64.5 cm³/mol. The van der Waals surface area contributed by atoms with Gasteiger partial charge in [-0.3, -0.25) is 4.79 Å². The number of nitrogens with zero attached hydrogens (tertiary/aromatic N) is 1. The Hall–Kier alpha value is -1.49. The largest absolute Gasteiger partial charge is 0.392 e. The SMILES string of the molecule is CN(CC(N)=S)C(=O)Cc1cccc(F)c1. The lowest BCUT2D eigenvalue weighted by Gasteiger charge is -2.16. The van der Waals surface area contributed by atoms with Crippen molar-refractivity contribution in [3.05, 3.63) is 35.6 Å². The summed E-state index contributed by atoms with van der Waals surface area (Å²) in [7, 11) is 1.61. The van der Waals surface area contributed by atoms with Crippen LogP contribution in [-0.2, 0) is 11.2 Å². The van der Waals surface area contributed by atoms with Gasteiger partial charge in [0.15, 0.2) is 0 Å². The van der Waals surface area contributed by atoms with Crippen molar-refractivity contribution < 1.29 is 9.18 Å². The summed E-state index contributed by atoms with van der Waals surface area (Å²) in [6, 6.07) is 5.96. The fourth-order valence-electron chi connectivity index (χ4n) is 1.28. The van der Waals surface area contributed by atoms with Crippen LogP contribution in [0.5, 0.6) is 0 Å². The van der Waals surface area contributed by atoms with Gasteiger partial charge < -0.3 is 10.6 Å². The molecule has 0 heterocycles. The van der Waals surface area contributed by atoms with Crippen molar-refractivity contribution in [2.24, 2.45) is 5.73 Å². The van der Waals surface area contributed by atoms with Gasteiger partial charge in [0.25, 0.3) is 0 Å². The Labute approximate surface area is 99.0 Å². The fraction of sp³-hybridized carbons (Fsp3) is 0.273. The number of nitrogens with two attached hydrogens (primary N) is 1. The molecule has 0 spiro atoms. The highest BCUT2D eigenvalue weighted by Crippen LogP contribution is 2.05. The minimum absolute atomic E-state index is 0.140. The Bertz CT molecular complexity index is 409. The van der Waals surface area contributed by atoms with Gasteiger partial charge in [-0.25, -0.2) is 4.39 Å². The van der Waals surface area contributed by atoms with E-state index in [4.69, 9.17) is 18.0 Å². The van der Waals surface area contributed by atoms with Gasteiger partial charge in [-0.15, -0.1) is 0 Å². The Balaban J connectivity index is 2.60. The first-order valence-corrected chi connectivity index (χ1v) is 5.16. The van der Waals surface area contributed by atoms with Crippen molar-refractivity contribution >= 4 is 23.1 Å². The number of halogens is 1. The van der Waals surface area contributed by atoms with Crippen LogP contribution in [0.2, 0.25) is 0 Å². The number of benzene rings is 1. The quantitative estimate of drug-likeness (QED) is 0.802. The summed E-state index contributed by atoms with van der Waals surface area (Å²) in [5, 5.41) is 0. The third kappa shape index (κ3) is 3.94. The smallest absolute Gasteiger partial charge is 0.227 e.